The quantitative estimate of drug-likeness (QED) is 0.787. The third kappa shape index (κ3) is 4.97. The van der Waals surface area contributed by atoms with E-state index in [-0.39, 0.29) is 11.9 Å². The molecule has 1 amide bonds. The second-order valence-corrected chi connectivity index (χ2v) is 9.62. The molecule has 2 aromatic carbocycles. The first-order valence-corrected chi connectivity index (χ1v) is 11.4. The summed E-state index contributed by atoms with van der Waals surface area (Å²) in [6, 6.07) is 16.2. The van der Waals surface area contributed by atoms with E-state index in [1.165, 1.54) is 9.87 Å². The highest BCUT2D eigenvalue weighted by atomic mass is 32.2. The number of nitrogens with zero attached hydrogens (tertiary/aromatic N) is 2. The summed E-state index contributed by atoms with van der Waals surface area (Å²) in [6.45, 7) is 7.52. The normalized spacial score (nSPS) is 16.6. The number of hydrogen-bond donors (Lipinski definition) is 1. The van der Waals surface area contributed by atoms with Crippen molar-refractivity contribution in [3.63, 3.8) is 0 Å². The first kappa shape index (κ1) is 21.3. The first-order chi connectivity index (χ1) is 13.8. The predicted molar refractivity (Wildman–Crippen MR) is 115 cm³/mol. The van der Waals surface area contributed by atoms with Crippen LogP contribution in [-0.4, -0.2) is 55.8 Å². The van der Waals surface area contributed by atoms with E-state index in [0.29, 0.717) is 37.0 Å². The molecule has 1 aliphatic heterocycles. The van der Waals surface area contributed by atoms with Crippen molar-refractivity contribution >= 4 is 21.6 Å². The SMILES string of the molecule is CC(Nc1ccc(C(C)C)cc1)C(=O)N1CCN(S(=O)(=O)c2ccccc2)CC1. The Morgan fingerprint density at radius 3 is 2.03 bits per heavy atom. The summed E-state index contributed by atoms with van der Waals surface area (Å²) in [5.41, 5.74) is 2.16. The van der Waals surface area contributed by atoms with Crippen LogP contribution in [0.2, 0.25) is 0 Å². The Kier molecular flexibility index (Phi) is 6.59. The maximum absolute atomic E-state index is 12.8. The molecule has 0 spiro atoms. The zero-order chi connectivity index (χ0) is 21.0. The zero-order valence-electron chi connectivity index (χ0n) is 17.2. The molecule has 6 nitrogen and oxygen atoms in total. The number of carbonyl (C=O) groups is 1. The third-order valence-electron chi connectivity index (χ3n) is 5.26. The van der Waals surface area contributed by atoms with Crippen LogP contribution in [0.25, 0.3) is 0 Å². The van der Waals surface area contributed by atoms with Gasteiger partial charge in [-0.3, -0.25) is 4.79 Å². The second-order valence-electron chi connectivity index (χ2n) is 7.69. The number of benzene rings is 2. The lowest BCUT2D eigenvalue weighted by molar-refractivity contribution is -0.132. The molecule has 1 saturated heterocycles. The Bertz CT molecular complexity index is 920. The number of rotatable bonds is 6. The average Bonchev–Trinajstić information content (AvgIpc) is 2.74. The van der Waals surface area contributed by atoms with Gasteiger partial charge in [-0.05, 0) is 42.7 Å². The molecule has 7 heteroatoms. The molecule has 0 saturated carbocycles. The minimum Gasteiger partial charge on any atom is -0.374 e. The monoisotopic (exact) mass is 415 g/mol. The number of nitrogens with one attached hydrogen (secondary N) is 1. The summed E-state index contributed by atoms with van der Waals surface area (Å²) in [5, 5.41) is 3.25. The van der Waals surface area contributed by atoms with Gasteiger partial charge in [-0.15, -0.1) is 0 Å². The van der Waals surface area contributed by atoms with Crippen molar-refractivity contribution in [1.29, 1.82) is 0 Å². The van der Waals surface area contributed by atoms with Crippen molar-refractivity contribution in [3.05, 3.63) is 60.2 Å². The van der Waals surface area contributed by atoms with E-state index < -0.39 is 10.0 Å². The number of carbonyl (C=O) groups excluding carboxylic acids is 1. The number of sulfonamides is 1. The van der Waals surface area contributed by atoms with Gasteiger partial charge in [0.05, 0.1) is 4.90 Å². The van der Waals surface area contributed by atoms with Crippen molar-refractivity contribution in [2.45, 2.75) is 37.6 Å². The number of amides is 1. The lowest BCUT2D eigenvalue weighted by atomic mass is 10.0. The van der Waals surface area contributed by atoms with E-state index in [1.807, 2.05) is 19.1 Å². The van der Waals surface area contributed by atoms with Crippen molar-refractivity contribution in [2.75, 3.05) is 31.5 Å². The van der Waals surface area contributed by atoms with Crippen molar-refractivity contribution in [3.8, 4) is 0 Å². The fourth-order valence-electron chi connectivity index (χ4n) is 3.44. The Balaban J connectivity index is 1.56. The number of hydrogen-bond acceptors (Lipinski definition) is 4. The van der Waals surface area contributed by atoms with E-state index in [2.05, 4.69) is 31.3 Å². The van der Waals surface area contributed by atoms with E-state index in [9.17, 15) is 13.2 Å². The first-order valence-electron chi connectivity index (χ1n) is 9.99. The molecule has 1 fully saturated rings. The maximum Gasteiger partial charge on any atom is 0.244 e. The molecule has 1 unspecified atom stereocenters. The third-order valence-corrected chi connectivity index (χ3v) is 7.18. The highest BCUT2D eigenvalue weighted by molar-refractivity contribution is 7.89. The summed E-state index contributed by atoms with van der Waals surface area (Å²) >= 11 is 0. The topological polar surface area (TPSA) is 69.7 Å². The van der Waals surface area contributed by atoms with E-state index in [1.54, 1.807) is 35.2 Å². The van der Waals surface area contributed by atoms with Crippen LogP contribution in [0.3, 0.4) is 0 Å². The Hall–Kier alpha value is -2.38. The fraction of sp³-hybridized carbons (Fsp3) is 0.409. The van der Waals surface area contributed by atoms with Gasteiger partial charge in [-0.1, -0.05) is 44.2 Å². The van der Waals surface area contributed by atoms with Crippen LogP contribution in [0.1, 0.15) is 32.3 Å². The van der Waals surface area contributed by atoms with Gasteiger partial charge in [0.1, 0.15) is 6.04 Å². The summed E-state index contributed by atoms with van der Waals surface area (Å²) < 4.78 is 26.9. The Labute approximate surface area is 173 Å². The molecule has 0 aliphatic carbocycles. The van der Waals surface area contributed by atoms with Crippen LogP contribution >= 0.6 is 0 Å². The van der Waals surface area contributed by atoms with Crippen LogP contribution in [0.5, 0.6) is 0 Å². The zero-order valence-corrected chi connectivity index (χ0v) is 18.0. The summed E-state index contributed by atoms with van der Waals surface area (Å²) in [7, 11) is -3.51. The van der Waals surface area contributed by atoms with Crippen molar-refractivity contribution in [2.24, 2.45) is 0 Å². The molecule has 1 aliphatic rings. The Morgan fingerprint density at radius 2 is 1.48 bits per heavy atom. The van der Waals surface area contributed by atoms with Crippen LogP contribution < -0.4 is 5.32 Å². The number of piperazine rings is 1. The molecule has 1 N–H and O–H groups in total. The van der Waals surface area contributed by atoms with Gasteiger partial charge < -0.3 is 10.2 Å². The average molecular weight is 416 g/mol. The molecule has 29 heavy (non-hydrogen) atoms. The molecule has 3 rings (SSSR count). The summed E-state index contributed by atoms with van der Waals surface area (Å²) in [4.78, 5) is 14.8. The van der Waals surface area contributed by atoms with Gasteiger partial charge in [-0.2, -0.15) is 4.31 Å². The highest BCUT2D eigenvalue weighted by Gasteiger charge is 2.31. The standard InChI is InChI=1S/C22H29N3O3S/c1-17(2)19-9-11-20(12-10-19)23-18(3)22(26)24-13-15-25(16-14-24)29(27,28)21-7-5-4-6-8-21/h4-12,17-18,23H,13-16H2,1-3H3. The van der Waals surface area contributed by atoms with E-state index >= 15 is 0 Å². The van der Waals surface area contributed by atoms with Gasteiger partial charge in [0.2, 0.25) is 15.9 Å². The van der Waals surface area contributed by atoms with Crippen molar-refractivity contribution < 1.29 is 13.2 Å². The summed E-state index contributed by atoms with van der Waals surface area (Å²) in [6.07, 6.45) is 0. The molecule has 1 atom stereocenters. The van der Waals surface area contributed by atoms with E-state index in [4.69, 9.17) is 0 Å². The lowest BCUT2D eigenvalue weighted by Crippen LogP contribution is -2.53. The Morgan fingerprint density at radius 1 is 0.897 bits per heavy atom. The van der Waals surface area contributed by atoms with Crippen LogP contribution in [0, 0.1) is 0 Å². The molecule has 1 heterocycles. The van der Waals surface area contributed by atoms with Gasteiger partial charge in [0, 0.05) is 31.9 Å². The van der Waals surface area contributed by atoms with Gasteiger partial charge >= 0.3 is 0 Å². The molecule has 0 aromatic heterocycles. The van der Waals surface area contributed by atoms with Crippen LogP contribution in [0.4, 0.5) is 5.69 Å². The number of anilines is 1. The van der Waals surface area contributed by atoms with Crippen LogP contribution in [0.15, 0.2) is 59.5 Å². The van der Waals surface area contributed by atoms with Crippen molar-refractivity contribution in [1.82, 2.24) is 9.21 Å². The molecule has 156 valence electrons. The highest BCUT2D eigenvalue weighted by Crippen LogP contribution is 2.20. The largest absolute Gasteiger partial charge is 0.374 e. The maximum atomic E-state index is 12.8. The van der Waals surface area contributed by atoms with E-state index in [0.717, 1.165) is 5.69 Å². The molecule has 0 bridgehead atoms. The lowest BCUT2D eigenvalue weighted by Gasteiger charge is -2.35. The predicted octanol–water partition coefficient (Wildman–Crippen LogP) is 3.14. The van der Waals surface area contributed by atoms with Gasteiger partial charge in [0.25, 0.3) is 0 Å². The minimum atomic E-state index is -3.51. The van der Waals surface area contributed by atoms with Gasteiger partial charge in [-0.25, -0.2) is 8.42 Å². The van der Waals surface area contributed by atoms with Gasteiger partial charge in [0.15, 0.2) is 0 Å². The fourth-order valence-corrected chi connectivity index (χ4v) is 4.88. The molecule has 0 radical (unpaired) electrons. The molecule has 2 aromatic rings. The second kappa shape index (κ2) is 8.97. The summed E-state index contributed by atoms with van der Waals surface area (Å²) in [5.74, 6) is 0.446. The molecular weight excluding hydrogens is 386 g/mol. The minimum absolute atomic E-state index is 0.0188. The van der Waals surface area contributed by atoms with Crippen LogP contribution in [-0.2, 0) is 14.8 Å². The molecular formula is C22H29N3O3S. The smallest absolute Gasteiger partial charge is 0.244 e.